The summed E-state index contributed by atoms with van der Waals surface area (Å²) in [5.74, 6) is 0. The van der Waals surface area contributed by atoms with Gasteiger partial charge in [-0.2, -0.15) is 0 Å². The van der Waals surface area contributed by atoms with Crippen LogP contribution in [-0.4, -0.2) is 0 Å². The van der Waals surface area contributed by atoms with Crippen LogP contribution < -0.4 is 9.80 Å². The lowest BCUT2D eigenvalue weighted by Gasteiger charge is -2.34. The Morgan fingerprint density at radius 1 is 0.328 bits per heavy atom. The molecule has 0 amide bonds. The molecule has 0 aliphatic carbocycles. The fraction of sp³-hybridized carbons (Fsp3) is 0.100. The van der Waals surface area contributed by atoms with Gasteiger partial charge in [-0.05, 0) is 136 Å². The zero-order valence-electron chi connectivity index (χ0n) is 36.9. The lowest BCUT2D eigenvalue weighted by Crippen LogP contribution is -2.19. The van der Waals surface area contributed by atoms with E-state index < -0.39 is 0 Å². The Balaban J connectivity index is 1.31. The molecule has 0 fully saturated rings. The van der Waals surface area contributed by atoms with E-state index in [1.54, 1.807) is 0 Å². The Bertz CT molecular complexity index is 2890. The third kappa shape index (κ3) is 8.73. The smallest absolute Gasteiger partial charge is 0.0540 e. The van der Waals surface area contributed by atoms with Gasteiger partial charge in [0.1, 0.15) is 0 Å². The summed E-state index contributed by atoms with van der Waals surface area (Å²) >= 11 is 7.86. The first-order valence-corrected chi connectivity index (χ1v) is 23.4. The highest BCUT2D eigenvalue weighted by Gasteiger charge is 2.27. The van der Waals surface area contributed by atoms with Crippen LogP contribution in [0.2, 0.25) is 0 Å². The van der Waals surface area contributed by atoms with Crippen molar-refractivity contribution in [3.8, 4) is 44.5 Å². The second-order valence-corrected chi connectivity index (χ2v) is 19.1. The molecule has 0 radical (unpaired) electrons. The van der Waals surface area contributed by atoms with E-state index >= 15 is 0 Å². The van der Waals surface area contributed by atoms with Crippen LogP contribution >= 0.6 is 31.9 Å². The second-order valence-electron chi connectivity index (χ2n) is 17.4. The van der Waals surface area contributed by atoms with Gasteiger partial charge >= 0.3 is 0 Å². The highest BCUT2D eigenvalue weighted by molar-refractivity contribution is 9.10. The minimum Gasteiger partial charge on any atom is -0.309 e. The molecule has 0 heterocycles. The number of rotatable bonds is 10. The molecule has 9 aromatic rings. The second kappa shape index (κ2) is 18.3. The van der Waals surface area contributed by atoms with Gasteiger partial charge in [0, 0.05) is 31.4 Å². The normalized spacial score (nSPS) is 11.4. The first kappa shape index (κ1) is 42.8. The Kier molecular flexibility index (Phi) is 12.3. The first-order valence-electron chi connectivity index (χ1n) is 21.8. The summed E-state index contributed by atoms with van der Waals surface area (Å²) in [7, 11) is 0. The number of halogens is 2. The summed E-state index contributed by atoms with van der Waals surface area (Å²) in [6.07, 6.45) is 0. The van der Waals surface area contributed by atoms with Crippen molar-refractivity contribution in [2.45, 2.75) is 40.0 Å². The molecule has 0 atom stereocenters. The van der Waals surface area contributed by atoms with Gasteiger partial charge in [-0.3, -0.25) is 0 Å². The largest absolute Gasteiger partial charge is 0.309 e. The summed E-state index contributed by atoms with van der Waals surface area (Å²) in [5, 5.41) is 0. The molecular formula is C60H50Br2N2. The lowest BCUT2D eigenvalue weighted by molar-refractivity contribution is 0.590. The van der Waals surface area contributed by atoms with Crippen LogP contribution in [0.5, 0.6) is 0 Å². The molecule has 0 N–H and O–H groups in total. The van der Waals surface area contributed by atoms with E-state index in [2.05, 4.69) is 289 Å². The van der Waals surface area contributed by atoms with Gasteiger partial charge in [-0.1, -0.05) is 198 Å². The number of anilines is 6. The molecule has 0 spiro atoms. The molecule has 2 nitrogen and oxygen atoms in total. The standard InChI is InChI=1S/C60H50Br2N2/c1-41-54(61)30-18-34-56(41)63(58-32-14-12-28-52(58)47-26-16-24-45(36-47)43-20-8-6-9-21-43)50-38-49(60(3,4)5)39-51(40-50)64(57-35-19-31-55(62)42(57)2)59-33-15-13-29-53(59)48-27-17-25-46(37-48)44-22-10-7-11-23-44/h6-40H,1-5H3. The van der Waals surface area contributed by atoms with E-state index in [4.69, 9.17) is 0 Å². The maximum Gasteiger partial charge on any atom is 0.0540 e. The molecule has 0 saturated heterocycles. The zero-order chi connectivity index (χ0) is 44.4. The van der Waals surface area contributed by atoms with Crippen LogP contribution in [0, 0.1) is 13.8 Å². The van der Waals surface area contributed by atoms with Crippen molar-refractivity contribution in [3.05, 3.63) is 238 Å². The molecule has 0 aliphatic rings. The number of hydrogen-bond acceptors (Lipinski definition) is 2. The van der Waals surface area contributed by atoms with Crippen LogP contribution in [-0.2, 0) is 5.41 Å². The van der Waals surface area contributed by atoms with Crippen LogP contribution in [0.15, 0.2) is 221 Å². The van der Waals surface area contributed by atoms with Crippen molar-refractivity contribution in [1.29, 1.82) is 0 Å². The fourth-order valence-corrected chi connectivity index (χ4v) is 9.31. The highest BCUT2D eigenvalue weighted by atomic mass is 79.9. The molecule has 4 heteroatoms. The number of benzene rings is 9. The maximum atomic E-state index is 3.93. The van der Waals surface area contributed by atoms with Crippen molar-refractivity contribution in [2.24, 2.45) is 0 Å². The van der Waals surface area contributed by atoms with Gasteiger partial charge in [0.2, 0.25) is 0 Å². The molecule has 9 aromatic carbocycles. The molecular weight excluding hydrogens is 908 g/mol. The molecule has 0 aromatic heterocycles. The molecule has 9 rings (SSSR count). The zero-order valence-corrected chi connectivity index (χ0v) is 40.0. The predicted octanol–water partition coefficient (Wildman–Crippen LogP) is 18.7. The Morgan fingerprint density at radius 3 is 1.09 bits per heavy atom. The number of para-hydroxylation sites is 2. The van der Waals surface area contributed by atoms with E-state index in [0.29, 0.717) is 0 Å². The lowest BCUT2D eigenvalue weighted by atomic mass is 9.86. The predicted molar refractivity (Wildman–Crippen MR) is 281 cm³/mol. The van der Waals surface area contributed by atoms with Crippen molar-refractivity contribution in [1.82, 2.24) is 0 Å². The average Bonchev–Trinajstić information content (AvgIpc) is 3.32. The fourth-order valence-electron chi connectivity index (χ4n) is 8.60. The van der Waals surface area contributed by atoms with Crippen LogP contribution in [0.1, 0.15) is 37.5 Å². The summed E-state index contributed by atoms with van der Waals surface area (Å²) in [5.41, 5.74) is 19.2. The average molecular weight is 959 g/mol. The third-order valence-corrected chi connectivity index (χ3v) is 13.8. The van der Waals surface area contributed by atoms with Crippen LogP contribution in [0.25, 0.3) is 44.5 Å². The topological polar surface area (TPSA) is 6.48 Å². The minimum absolute atomic E-state index is 0.187. The molecule has 0 unspecified atom stereocenters. The molecule has 314 valence electrons. The first-order chi connectivity index (χ1) is 31.0. The summed E-state index contributed by atoms with van der Waals surface area (Å²) in [6, 6.07) is 77.0. The van der Waals surface area contributed by atoms with E-state index in [-0.39, 0.29) is 5.41 Å². The highest BCUT2D eigenvalue weighted by Crippen LogP contribution is 2.49. The number of hydrogen-bond donors (Lipinski definition) is 0. The Labute approximate surface area is 395 Å². The van der Waals surface area contributed by atoms with E-state index in [1.165, 1.54) is 27.8 Å². The molecule has 64 heavy (non-hydrogen) atoms. The Morgan fingerprint density at radius 2 is 0.672 bits per heavy atom. The summed E-state index contributed by atoms with van der Waals surface area (Å²) < 4.78 is 2.12. The maximum absolute atomic E-state index is 3.93. The van der Waals surface area contributed by atoms with Gasteiger partial charge in [-0.15, -0.1) is 0 Å². The van der Waals surface area contributed by atoms with Gasteiger partial charge in [0.15, 0.2) is 0 Å². The number of nitrogens with zero attached hydrogens (tertiary/aromatic N) is 2. The van der Waals surface area contributed by atoms with E-state index in [0.717, 1.165) is 76.5 Å². The quantitative estimate of drug-likeness (QED) is 0.135. The van der Waals surface area contributed by atoms with Crippen molar-refractivity contribution in [3.63, 3.8) is 0 Å². The SMILES string of the molecule is Cc1c(Br)cccc1N(c1cc(N(c2ccccc2-c2cccc(-c3ccccc3)c2)c2cccc(Br)c2C)cc(C(C)(C)C)c1)c1ccccc1-c1cccc(-c2ccccc2)c1. The van der Waals surface area contributed by atoms with Gasteiger partial charge in [-0.25, -0.2) is 0 Å². The van der Waals surface area contributed by atoms with Gasteiger partial charge < -0.3 is 9.80 Å². The minimum atomic E-state index is -0.187. The summed E-state index contributed by atoms with van der Waals surface area (Å²) in [4.78, 5) is 4.93. The van der Waals surface area contributed by atoms with Gasteiger partial charge in [0.05, 0.1) is 22.7 Å². The van der Waals surface area contributed by atoms with Crippen molar-refractivity contribution >= 4 is 66.0 Å². The third-order valence-electron chi connectivity index (χ3n) is 12.1. The van der Waals surface area contributed by atoms with Crippen LogP contribution in [0.3, 0.4) is 0 Å². The van der Waals surface area contributed by atoms with Crippen molar-refractivity contribution in [2.75, 3.05) is 9.80 Å². The summed E-state index contributed by atoms with van der Waals surface area (Å²) in [6.45, 7) is 11.3. The molecule has 0 aliphatic heterocycles. The molecule has 0 bridgehead atoms. The van der Waals surface area contributed by atoms with Crippen molar-refractivity contribution < 1.29 is 0 Å². The van der Waals surface area contributed by atoms with Crippen LogP contribution in [0.4, 0.5) is 34.1 Å². The van der Waals surface area contributed by atoms with E-state index in [9.17, 15) is 0 Å². The van der Waals surface area contributed by atoms with E-state index in [1.807, 2.05) is 0 Å². The van der Waals surface area contributed by atoms with Gasteiger partial charge in [0.25, 0.3) is 0 Å². The monoisotopic (exact) mass is 956 g/mol. The molecule has 0 saturated carbocycles. The Hall–Kier alpha value is -6.46.